The molecule has 1 amide bonds. The number of carbonyl (C=O) groups excluding carboxylic acids is 1. The highest BCUT2D eigenvalue weighted by Gasteiger charge is 2.50. The maximum absolute atomic E-state index is 13.6. The fraction of sp³-hybridized carbons (Fsp3) is 0.607. The largest absolute Gasteiger partial charge is 0.480 e. The number of aryl methyl sites for hydroxylation is 2. The molecule has 1 unspecified atom stereocenters. The maximum atomic E-state index is 13.6. The number of carbonyl (C=O) groups is 2. The average Bonchev–Trinajstić information content (AvgIpc) is 3.45. The fourth-order valence-electron chi connectivity index (χ4n) is 8.12. The van der Waals surface area contributed by atoms with Crippen LogP contribution in [0, 0.1) is 30.1 Å². The molecule has 180 valence electrons. The predicted octanol–water partition coefficient (Wildman–Crippen LogP) is 5.22. The number of likely N-dealkylation sites (tertiary alicyclic amines) is 1. The van der Waals surface area contributed by atoms with E-state index in [1.165, 1.54) is 43.4 Å². The second-order valence-corrected chi connectivity index (χ2v) is 11.6. The number of nitrogens with one attached hydrogen (secondary N) is 1. The van der Waals surface area contributed by atoms with Crippen molar-refractivity contribution in [3.63, 3.8) is 0 Å². The Morgan fingerprint density at radius 2 is 1.79 bits per heavy atom. The molecular formula is C28H35N3O3. The van der Waals surface area contributed by atoms with Crippen LogP contribution in [-0.4, -0.2) is 44.4 Å². The van der Waals surface area contributed by atoms with Gasteiger partial charge in [0.1, 0.15) is 17.6 Å². The van der Waals surface area contributed by atoms with Crippen molar-refractivity contribution >= 4 is 11.9 Å². The number of carboxylic acids is 1. The summed E-state index contributed by atoms with van der Waals surface area (Å²) in [6.45, 7) is 2.53. The lowest BCUT2D eigenvalue weighted by Gasteiger charge is -2.57. The van der Waals surface area contributed by atoms with Crippen LogP contribution in [0.1, 0.15) is 79.5 Å². The monoisotopic (exact) mass is 461 g/mol. The van der Waals surface area contributed by atoms with Gasteiger partial charge in [0.2, 0.25) is 0 Å². The minimum atomic E-state index is -0.921. The molecule has 2 N–H and O–H groups in total. The molecule has 1 aromatic carbocycles. The van der Waals surface area contributed by atoms with Crippen LogP contribution in [-0.2, 0) is 11.2 Å². The number of rotatable bonds is 6. The SMILES string of the molecule is Cc1ccccc1-c1nc(C(=O)N2CCCC2C(=O)O)c(CCC23CC4CC(CC(C4)C2)C3)[nH]1. The van der Waals surface area contributed by atoms with E-state index in [4.69, 9.17) is 4.98 Å². The van der Waals surface area contributed by atoms with E-state index in [2.05, 4.69) is 18.0 Å². The van der Waals surface area contributed by atoms with Gasteiger partial charge in [-0.3, -0.25) is 4.79 Å². The maximum Gasteiger partial charge on any atom is 0.326 e. The van der Waals surface area contributed by atoms with Gasteiger partial charge < -0.3 is 15.0 Å². The molecular weight excluding hydrogens is 426 g/mol. The molecule has 6 heteroatoms. The number of hydrogen-bond acceptors (Lipinski definition) is 3. The highest BCUT2D eigenvalue weighted by atomic mass is 16.4. The van der Waals surface area contributed by atoms with Crippen molar-refractivity contribution in [1.82, 2.24) is 14.9 Å². The molecule has 1 aliphatic heterocycles. The van der Waals surface area contributed by atoms with Gasteiger partial charge in [0.05, 0.1) is 0 Å². The van der Waals surface area contributed by atoms with Gasteiger partial charge in [-0.15, -0.1) is 0 Å². The first kappa shape index (κ1) is 21.9. The average molecular weight is 462 g/mol. The van der Waals surface area contributed by atoms with Gasteiger partial charge in [-0.2, -0.15) is 0 Å². The van der Waals surface area contributed by atoms with Crippen molar-refractivity contribution in [3.05, 3.63) is 41.2 Å². The van der Waals surface area contributed by atoms with Crippen molar-refractivity contribution in [3.8, 4) is 11.4 Å². The van der Waals surface area contributed by atoms with E-state index in [9.17, 15) is 14.7 Å². The molecule has 1 atom stereocenters. The molecule has 5 fully saturated rings. The number of H-pyrrole nitrogens is 1. The topological polar surface area (TPSA) is 86.3 Å². The number of nitrogens with zero attached hydrogens (tertiary/aromatic N) is 2. The van der Waals surface area contributed by atoms with Gasteiger partial charge in [0.25, 0.3) is 5.91 Å². The quantitative estimate of drug-likeness (QED) is 0.617. The summed E-state index contributed by atoms with van der Waals surface area (Å²) in [6.07, 6.45) is 11.4. The molecule has 34 heavy (non-hydrogen) atoms. The molecule has 7 rings (SSSR count). The van der Waals surface area contributed by atoms with Gasteiger partial charge in [0, 0.05) is 17.8 Å². The van der Waals surface area contributed by atoms with Crippen molar-refractivity contribution in [2.45, 2.75) is 77.2 Å². The Morgan fingerprint density at radius 1 is 1.12 bits per heavy atom. The predicted molar refractivity (Wildman–Crippen MR) is 129 cm³/mol. The molecule has 2 heterocycles. The van der Waals surface area contributed by atoms with Gasteiger partial charge in [-0.25, -0.2) is 9.78 Å². The number of amides is 1. The van der Waals surface area contributed by atoms with Gasteiger partial charge in [-0.05, 0) is 99.9 Å². The Bertz CT molecular complexity index is 1080. The first-order chi connectivity index (χ1) is 16.4. The van der Waals surface area contributed by atoms with Crippen LogP contribution in [0.25, 0.3) is 11.4 Å². The molecule has 0 radical (unpaired) electrons. The Labute approximate surface area is 201 Å². The highest BCUT2D eigenvalue weighted by molar-refractivity contribution is 5.97. The van der Waals surface area contributed by atoms with Crippen LogP contribution < -0.4 is 0 Å². The summed E-state index contributed by atoms with van der Waals surface area (Å²) < 4.78 is 0. The minimum absolute atomic E-state index is 0.235. The molecule has 0 spiro atoms. The van der Waals surface area contributed by atoms with Crippen LogP contribution in [0.15, 0.2) is 24.3 Å². The summed E-state index contributed by atoms with van der Waals surface area (Å²) in [5.41, 5.74) is 3.83. The zero-order valence-electron chi connectivity index (χ0n) is 20.1. The summed E-state index contributed by atoms with van der Waals surface area (Å²) in [7, 11) is 0. The number of hydrogen-bond donors (Lipinski definition) is 2. The van der Waals surface area contributed by atoms with Gasteiger partial charge in [0.15, 0.2) is 0 Å². The first-order valence-corrected chi connectivity index (χ1v) is 13.1. The third-order valence-electron chi connectivity index (χ3n) is 9.25. The molecule has 5 aliphatic rings. The number of aromatic amines is 1. The molecule has 1 saturated heterocycles. The second-order valence-electron chi connectivity index (χ2n) is 11.6. The third kappa shape index (κ3) is 3.75. The molecule has 1 aromatic heterocycles. The zero-order valence-corrected chi connectivity index (χ0v) is 20.1. The minimum Gasteiger partial charge on any atom is -0.480 e. The van der Waals surface area contributed by atoms with Crippen LogP contribution in [0.4, 0.5) is 0 Å². The zero-order chi connectivity index (χ0) is 23.4. The van der Waals surface area contributed by atoms with E-state index in [1.807, 2.05) is 18.2 Å². The van der Waals surface area contributed by atoms with Crippen LogP contribution in [0.2, 0.25) is 0 Å². The Kier molecular flexibility index (Phi) is 5.30. The third-order valence-corrected chi connectivity index (χ3v) is 9.25. The van der Waals surface area contributed by atoms with E-state index in [0.29, 0.717) is 29.9 Å². The van der Waals surface area contributed by atoms with E-state index in [0.717, 1.165) is 53.8 Å². The molecule has 6 nitrogen and oxygen atoms in total. The summed E-state index contributed by atoms with van der Waals surface area (Å²) in [5.74, 6) is 2.26. The Balaban J connectivity index is 1.31. The van der Waals surface area contributed by atoms with E-state index in [1.54, 1.807) is 0 Å². The van der Waals surface area contributed by atoms with E-state index in [-0.39, 0.29) is 5.91 Å². The summed E-state index contributed by atoms with van der Waals surface area (Å²) in [4.78, 5) is 35.2. The van der Waals surface area contributed by atoms with Crippen molar-refractivity contribution in [2.24, 2.45) is 23.2 Å². The molecule has 4 bridgehead atoms. The number of imidazole rings is 1. The van der Waals surface area contributed by atoms with E-state index < -0.39 is 12.0 Å². The standard InChI is InChI=1S/C28H35N3O3/c1-17-5-2-3-6-21(17)25-29-22(24(30-25)26(32)31-10-4-7-23(31)27(33)34)8-9-28-14-18-11-19(15-28)13-20(12-18)16-28/h2-3,5-6,18-20,23H,4,7-16H2,1H3,(H,29,30)(H,33,34). The lowest BCUT2D eigenvalue weighted by molar-refractivity contribution is -0.141. The van der Waals surface area contributed by atoms with Gasteiger partial charge in [-0.1, -0.05) is 24.3 Å². The summed E-state index contributed by atoms with van der Waals surface area (Å²) >= 11 is 0. The molecule has 2 aromatic rings. The highest BCUT2D eigenvalue weighted by Crippen LogP contribution is 2.61. The van der Waals surface area contributed by atoms with Crippen LogP contribution in [0.5, 0.6) is 0 Å². The van der Waals surface area contributed by atoms with Crippen molar-refractivity contribution < 1.29 is 14.7 Å². The summed E-state index contributed by atoms with van der Waals surface area (Å²) in [5, 5.41) is 9.65. The normalized spacial score (nSPS) is 31.9. The van der Waals surface area contributed by atoms with Gasteiger partial charge >= 0.3 is 5.97 Å². The van der Waals surface area contributed by atoms with Crippen molar-refractivity contribution in [2.75, 3.05) is 6.54 Å². The fourth-order valence-corrected chi connectivity index (χ4v) is 8.12. The molecule has 4 saturated carbocycles. The number of aliphatic carboxylic acids is 1. The van der Waals surface area contributed by atoms with Crippen molar-refractivity contribution in [1.29, 1.82) is 0 Å². The lowest BCUT2D eigenvalue weighted by atomic mass is 9.48. The Morgan fingerprint density at radius 3 is 2.44 bits per heavy atom. The first-order valence-electron chi connectivity index (χ1n) is 13.1. The van der Waals surface area contributed by atoms with E-state index >= 15 is 0 Å². The van der Waals surface area contributed by atoms with Crippen LogP contribution in [0.3, 0.4) is 0 Å². The number of benzene rings is 1. The van der Waals surface area contributed by atoms with Crippen LogP contribution >= 0.6 is 0 Å². The smallest absolute Gasteiger partial charge is 0.326 e. The summed E-state index contributed by atoms with van der Waals surface area (Å²) in [6, 6.07) is 7.32. The molecule has 4 aliphatic carbocycles. The Hall–Kier alpha value is -2.63. The second kappa shape index (κ2) is 8.24. The number of aromatic nitrogens is 2. The lowest BCUT2D eigenvalue weighted by Crippen LogP contribution is -2.46. The number of carboxylic acid groups (broad SMARTS) is 1.